The number of hydrogen-bond acceptors (Lipinski definition) is 6. The predicted molar refractivity (Wildman–Crippen MR) is 120 cm³/mol. The van der Waals surface area contributed by atoms with Crippen LogP contribution in [0.5, 0.6) is 0 Å². The van der Waals surface area contributed by atoms with Crippen LogP contribution in [-0.2, 0) is 17.2 Å². The molecule has 2 aromatic rings. The van der Waals surface area contributed by atoms with Gasteiger partial charge in [0, 0.05) is 29.7 Å². The van der Waals surface area contributed by atoms with E-state index in [9.17, 15) is 18.1 Å². The van der Waals surface area contributed by atoms with Crippen LogP contribution < -0.4 is 10.2 Å². The van der Waals surface area contributed by atoms with Gasteiger partial charge in [-0.3, -0.25) is 0 Å². The second-order valence-electron chi connectivity index (χ2n) is 8.94. The number of aromatic nitrogens is 2. The molecule has 3 aliphatic rings. The van der Waals surface area contributed by atoms with Crippen LogP contribution >= 0.6 is 11.6 Å². The summed E-state index contributed by atoms with van der Waals surface area (Å²) in [5.41, 5.74) is 0.669. The lowest BCUT2D eigenvalue weighted by Crippen LogP contribution is -2.48. The van der Waals surface area contributed by atoms with Crippen LogP contribution in [0, 0.1) is 0 Å². The first kappa shape index (κ1) is 22.0. The molecule has 1 atom stereocenters. The minimum Gasteiger partial charge on any atom is -0.394 e. The maximum Gasteiger partial charge on any atom is 0.331 e. The fraction of sp³-hybridized carbons (Fsp3) is 0.545. The molecule has 2 aliphatic heterocycles. The molecule has 0 bridgehead atoms. The van der Waals surface area contributed by atoms with Crippen LogP contribution in [0.2, 0.25) is 5.02 Å². The maximum atomic E-state index is 14.3. The van der Waals surface area contributed by atoms with Crippen molar-refractivity contribution in [3.8, 4) is 0 Å². The van der Waals surface area contributed by atoms with Crippen molar-refractivity contribution in [2.75, 3.05) is 29.9 Å². The SMILES string of the molecule is O=[S@]1c2c(nc(C3CCN(c4ccc(Cl)cc4)CC3)nc2NC2(CO)CCC2)CC1(F)F. The maximum absolute atomic E-state index is 14.3. The van der Waals surface area contributed by atoms with Gasteiger partial charge in [-0.15, -0.1) is 0 Å². The topological polar surface area (TPSA) is 78.4 Å². The number of nitrogens with zero attached hydrogens (tertiary/aromatic N) is 3. The number of hydrogen-bond donors (Lipinski definition) is 2. The van der Waals surface area contributed by atoms with Crippen molar-refractivity contribution in [3.63, 3.8) is 0 Å². The quantitative estimate of drug-likeness (QED) is 0.668. The number of benzene rings is 1. The Morgan fingerprint density at radius 2 is 1.88 bits per heavy atom. The molecule has 0 radical (unpaired) electrons. The van der Waals surface area contributed by atoms with E-state index in [4.69, 9.17) is 11.6 Å². The van der Waals surface area contributed by atoms with E-state index in [1.807, 2.05) is 24.3 Å². The normalized spacial score (nSPS) is 24.1. The number of fused-ring (bicyclic) bond motifs is 1. The Labute approximate surface area is 192 Å². The number of nitrogens with one attached hydrogen (secondary N) is 1. The molecule has 5 rings (SSSR count). The summed E-state index contributed by atoms with van der Waals surface area (Å²) in [4.78, 5) is 11.3. The first-order valence-corrected chi connectivity index (χ1v) is 12.4. The van der Waals surface area contributed by atoms with Gasteiger partial charge in [0.05, 0.1) is 24.3 Å². The third-order valence-corrected chi connectivity index (χ3v) is 8.57. The first-order chi connectivity index (χ1) is 15.3. The number of piperidine rings is 1. The highest BCUT2D eigenvalue weighted by molar-refractivity contribution is 7.86. The van der Waals surface area contributed by atoms with Crippen molar-refractivity contribution in [2.24, 2.45) is 0 Å². The molecule has 0 amide bonds. The zero-order valence-corrected chi connectivity index (χ0v) is 19.1. The van der Waals surface area contributed by atoms with Gasteiger partial charge in [0.1, 0.15) is 27.3 Å². The van der Waals surface area contributed by atoms with E-state index in [-0.39, 0.29) is 28.9 Å². The van der Waals surface area contributed by atoms with E-state index in [1.165, 1.54) is 0 Å². The first-order valence-electron chi connectivity index (χ1n) is 10.9. The molecule has 1 saturated heterocycles. The highest BCUT2D eigenvalue weighted by Gasteiger charge is 2.50. The molecule has 2 N–H and O–H groups in total. The van der Waals surface area contributed by atoms with E-state index in [2.05, 4.69) is 20.2 Å². The lowest BCUT2D eigenvalue weighted by atomic mass is 9.77. The van der Waals surface area contributed by atoms with Crippen LogP contribution in [0.1, 0.15) is 49.5 Å². The molecule has 10 heteroatoms. The van der Waals surface area contributed by atoms with Gasteiger partial charge in [-0.1, -0.05) is 11.6 Å². The molecule has 2 fully saturated rings. The van der Waals surface area contributed by atoms with Gasteiger partial charge in [0.25, 0.3) is 0 Å². The summed E-state index contributed by atoms with van der Waals surface area (Å²) in [6.07, 6.45) is 3.31. The highest BCUT2D eigenvalue weighted by Crippen LogP contribution is 2.44. The minimum atomic E-state index is -3.35. The molecule has 1 aliphatic carbocycles. The average Bonchev–Trinajstić information content (AvgIpc) is 2.99. The molecular weight excluding hydrogens is 458 g/mol. The summed E-state index contributed by atoms with van der Waals surface area (Å²) in [6, 6.07) is 7.70. The van der Waals surface area contributed by atoms with Gasteiger partial charge in [-0.25, -0.2) is 14.2 Å². The molecule has 1 aromatic heterocycles. The van der Waals surface area contributed by atoms with Gasteiger partial charge in [-0.05, 0) is 56.4 Å². The minimum absolute atomic E-state index is 0.00271. The molecule has 0 spiro atoms. The molecule has 0 unspecified atom stereocenters. The number of alkyl halides is 2. The third-order valence-electron chi connectivity index (χ3n) is 6.83. The highest BCUT2D eigenvalue weighted by atomic mass is 35.5. The molecular formula is C22H25ClF2N4O2S. The third kappa shape index (κ3) is 3.88. The van der Waals surface area contributed by atoms with Crippen LogP contribution in [0.15, 0.2) is 29.2 Å². The fourth-order valence-corrected chi connectivity index (χ4v) is 6.03. The van der Waals surface area contributed by atoms with Crippen LogP contribution in [0.4, 0.5) is 20.3 Å². The van der Waals surface area contributed by atoms with E-state index >= 15 is 0 Å². The zero-order chi connectivity index (χ0) is 22.5. The number of rotatable bonds is 5. The second-order valence-corrected chi connectivity index (χ2v) is 10.9. The summed E-state index contributed by atoms with van der Waals surface area (Å²) in [5.74, 6) is 0.747. The van der Waals surface area contributed by atoms with E-state index in [1.54, 1.807) is 0 Å². The van der Waals surface area contributed by atoms with Crippen molar-refractivity contribution < 1.29 is 18.1 Å². The van der Waals surface area contributed by atoms with Crippen molar-refractivity contribution in [1.29, 1.82) is 0 Å². The fourth-order valence-electron chi connectivity index (χ4n) is 4.73. The second kappa shape index (κ2) is 8.18. The van der Waals surface area contributed by atoms with Crippen molar-refractivity contribution in [1.82, 2.24) is 9.97 Å². The molecule has 6 nitrogen and oxygen atoms in total. The number of anilines is 2. The van der Waals surface area contributed by atoms with E-state index < -0.39 is 28.0 Å². The van der Waals surface area contributed by atoms with Gasteiger partial charge in [-0.2, -0.15) is 8.78 Å². The van der Waals surface area contributed by atoms with Gasteiger partial charge < -0.3 is 15.3 Å². The predicted octanol–water partition coefficient (Wildman–Crippen LogP) is 4.10. The van der Waals surface area contributed by atoms with Gasteiger partial charge >= 0.3 is 5.25 Å². The van der Waals surface area contributed by atoms with E-state index in [0.29, 0.717) is 10.8 Å². The Kier molecular flexibility index (Phi) is 5.62. The summed E-state index contributed by atoms with van der Waals surface area (Å²) < 4.78 is 41.1. The Morgan fingerprint density at radius 3 is 2.47 bits per heavy atom. The summed E-state index contributed by atoms with van der Waals surface area (Å²) in [6.45, 7) is 1.46. The Balaban J connectivity index is 1.41. The summed E-state index contributed by atoms with van der Waals surface area (Å²) >= 11 is 5.98. The van der Waals surface area contributed by atoms with Crippen molar-refractivity contribution in [2.45, 2.75) is 60.1 Å². The average molecular weight is 483 g/mol. The molecule has 172 valence electrons. The largest absolute Gasteiger partial charge is 0.394 e. The van der Waals surface area contributed by atoms with Crippen LogP contribution in [0.25, 0.3) is 0 Å². The van der Waals surface area contributed by atoms with Gasteiger partial charge in [0.2, 0.25) is 0 Å². The van der Waals surface area contributed by atoms with E-state index in [0.717, 1.165) is 50.9 Å². The standard InChI is InChI=1S/C22H25ClF2N4O2S/c23-15-2-4-16(5-3-15)29-10-6-14(7-11-29)19-26-17-12-22(24,25)32(31)18(17)20(27-19)28-21(13-30)8-1-9-21/h2-5,14,30H,1,6-13H2,(H,26,27,28)/t32-/m0/s1. The Hall–Kier alpha value is -1.84. The van der Waals surface area contributed by atoms with Crippen molar-refractivity contribution >= 4 is 33.9 Å². The number of halogens is 3. The lowest BCUT2D eigenvalue weighted by Gasteiger charge is -2.41. The Morgan fingerprint density at radius 1 is 1.19 bits per heavy atom. The van der Waals surface area contributed by atoms with Crippen LogP contribution in [0.3, 0.4) is 0 Å². The molecule has 32 heavy (non-hydrogen) atoms. The van der Waals surface area contributed by atoms with Gasteiger partial charge in [0.15, 0.2) is 0 Å². The van der Waals surface area contributed by atoms with Crippen molar-refractivity contribution in [3.05, 3.63) is 40.8 Å². The smallest absolute Gasteiger partial charge is 0.331 e. The Bertz CT molecular complexity index is 1040. The molecule has 1 saturated carbocycles. The molecule has 3 heterocycles. The number of aliphatic hydroxyl groups is 1. The monoisotopic (exact) mass is 482 g/mol. The summed E-state index contributed by atoms with van der Waals surface area (Å²) in [5, 5.41) is 10.4. The lowest BCUT2D eigenvalue weighted by molar-refractivity contribution is 0.104. The van der Waals surface area contributed by atoms with Crippen LogP contribution in [-0.4, -0.2) is 49.8 Å². The summed E-state index contributed by atoms with van der Waals surface area (Å²) in [7, 11) is -2.50. The molecule has 1 aromatic carbocycles. The zero-order valence-electron chi connectivity index (χ0n) is 17.5. The number of aliphatic hydroxyl groups excluding tert-OH is 1.